The molecule has 2 aromatic heterocycles. The Hall–Kier alpha value is -2.04. The lowest BCUT2D eigenvalue weighted by Crippen LogP contribution is -1.85. The van der Waals surface area contributed by atoms with Gasteiger partial charge in [0.2, 0.25) is 0 Å². The van der Waals surface area contributed by atoms with Gasteiger partial charge in [-0.2, -0.15) is 0 Å². The zero-order chi connectivity index (χ0) is 14.9. The van der Waals surface area contributed by atoms with Gasteiger partial charge < -0.3 is 4.42 Å². The van der Waals surface area contributed by atoms with Gasteiger partial charge in [-0.1, -0.05) is 53.7 Å². The van der Waals surface area contributed by atoms with Crippen LogP contribution in [0.15, 0.2) is 64.3 Å². The summed E-state index contributed by atoms with van der Waals surface area (Å²) >= 11 is 7.71. The Morgan fingerprint density at radius 1 is 1.05 bits per heavy atom. The molecule has 4 aromatic rings. The van der Waals surface area contributed by atoms with Gasteiger partial charge in [0.05, 0.1) is 0 Å². The molecule has 22 heavy (non-hydrogen) atoms. The molecule has 2 aromatic carbocycles. The summed E-state index contributed by atoms with van der Waals surface area (Å²) in [6.45, 7) is 0. The lowest BCUT2D eigenvalue weighted by atomic mass is 10.2. The average Bonchev–Trinajstić information content (AvgIpc) is 2.92. The van der Waals surface area contributed by atoms with Crippen molar-refractivity contribution in [2.75, 3.05) is 0 Å². The van der Waals surface area contributed by atoms with Crippen molar-refractivity contribution in [3.05, 3.63) is 65.4 Å². The van der Waals surface area contributed by atoms with Gasteiger partial charge in [0.15, 0.2) is 5.58 Å². The number of halogens is 1. The number of benzene rings is 2. The van der Waals surface area contributed by atoms with Crippen LogP contribution in [0.25, 0.3) is 22.1 Å². The van der Waals surface area contributed by atoms with Crippen molar-refractivity contribution in [1.82, 2.24) is 9.97 Å². The zero-order valence-electron chi connectivity index (χ0n) is 11.5. The van der Waals surface area contributed by atoms with Crippen LogP contribution in [0.5, 0.6) is 0 Å². The van der Waals surface area contributed by atoms with Gasteiger partial charge in [-0.15, -0.1) is 0 Å². The summed E-state index contributed by atoms with van der Waals surface area (Å²) in [4.78, 5) is 8.71. The number of furan rings is 1. The van der Waals surface area contributed by atoms with Crippen LogP contribution < -0.4 is 0 Å². The van der Waals surface area contributed by atoms with E-state index in [1.54, 1.807) is 18.1 Å². The maximum Gasteiger partial charge on any atom is 0.186 e. The van der Waals surface area contributed by atoms with E-state index in [1.165, 1.54) is 5.56 Å². The lowest BCUT2D eigenvalue weighted by molar-refractivity contribution is 0.653. The number of hydrogen-bond donors (Lipinski definition) is 0. The maximum absolute atomic E-state index is 6.07. The summed E-state index contributed by atoms with van der Waals surface area (Å²) in [5.74, 6) is 0.838. The minimum atomic E-state index is 0.673. The Kier molecular flexibility index (Phi) is 3.48. The quantitative estimate of drug-likeness (QED) is 0.377. The standard InChI is InChI=1S/C17H11ClN2OS/c18-12-6-7-14-13(8-12)15-16(21-14)17(20-10-19-15)22-9-11-4-2-1-3-5-11/h1-8,10H,9H2. The predicted octanol–water partition coefficient (Wildman–Crippen LogP) is 5.32. The molecule has 0 spiro atoms. The molecule has 0 N–H and O–H groups in total. The fourth-order valence-corrected chi connectivity index (χ4v) is 3.42. The van der Waals surface area contributed by atoms with Crippen molar-refractivity contribution < 1.29 is 4.42 Å². The van der Waals surface area contributed by atoms with E-state index < -0.39 is 0 Å². The second kappa shape index (κ2) is 5.63. The van der Waals surface area contributed by atoms with Gasteiger partial charge in [0.25, 0.3) is 0 Å². The number of thioether (sulfide) groups is 1. The topological polar surface area (TPSA) is 38.9 Å². The zero-order valence-corrected chi connectivity index (χ0v) is 13.1. The molecule has 0 amide bonds. The van der Waals surface area contributed by atoms with E-state index in [4.69, 9.17) is 16.0 Å². The average molecular weight is 327 g/mol. The number of fused-ring (bicyclic) bond motifs is 3. The van der Waals surface area contributed by atoms with Crippen LogP contribution in [0.3, 0.4) is 0 Å². The van der Waals surface area contributed by atoms with E-state index in [9.17, 15) is 0 Å². The summed E-state index contributed by atoms with van der Waals surface area (Å²) in [6, 6.07) is 15.8. The summed E-state index contributed by atoms with van der Waals surface area (Å²) in [7, 11) is 0. The molecule has 0 atom stereocenters. The van der Waals surface area contributed by atoms with Crippen molar-refractivity contribution in [3.63, 3.8) is 0 Å². The monoisotopic (exact) mass is 326 g/mol. The van der Waals surface area contributed by atoms with Crippen molar-refractivity contribution in [3.8, 4) is 0 Å². The summed E-state index contributed by atoms with van der Waals surface area (Å²) in [5, 5.41) is 2.44. The molecule has 0 aliphatic rings. The highest BCUT2D eigenvalue weighted by Crippen LogP contribution is 2.34. The first-order chi connectivity index (χ1) is 10.8. The van der Waals surface area contributed by atoms with Crippen LogP contribution in [0.2, 0.25) is 5.02 Å². The Labute approximate surface area is 136 Å². The number of rotatable bonds is 3. The van der Waals surface area contributed by atoms with E-state index in [0.717, 1.165) is 32.8 Å². The van der Waals surface area contributed by atoms with Crippen LogP contribution >= 0.6 is 23.4 Å². The first kappa shape index (κ1) is 13.6. The Bertz CT molecular complexity index is 953. The van der Waals surface area contributed by atoms with Crippen LogP contribution in [-0.4, -0.2) is 9.97 Å². The Balaban J connectivity index is 1.76. The van der Waals surface area contributed by atoms with Gasteiger partial charge in [-0.05, 0) is 23.8 Å². The smallest absolute Gasteiger partial charge is 0.186 e. The molecule has 108 valence electrons. The maximum atomic E-state index is 6.07. The molecular weight excluding hydrogens is 316 g/mol. The molecule has 0 radical (unpaired) electrons. The molecule has 0 fully saturated rings. The number of aromatic nitrogens is 2. The van der Waals surface area contributed by atoms with Crippen LogP contribution in [0.1, 0.15) is 5.56 Å². The molecule has 0 aliphatic heterocycles. The third-order valence-corrected chi connectivity index (χ3v) is 4.68. The Morgan fingerprint density at radius 2 is 1.91 bits per heavy atom. The minimum absolute atomic E-state index is 0.673. The first-order valence-electron chi connectivity index (χ1n) is 6.81. The summed E-state index contributed by atoms with van der Waals surface area (Å²) in [6.07, 6.45) is 1.57. The van der Waals surface area contributed by atoms with Gasteiger partial charge in [-0.3, -0.25) is 0 Å². The fraction of sp³-hybridized carbons (Fsp3) is 0.0588. The van der Waals surface area contributed by atoms with Crippen LogP contribution in [0, 0.1) is 0 Å². The second-order valence-electron chi connectivity index (χ2n) is 4.87. The molecule has 2 heterocycles. The van der Waals surface area contributed by atoms with Gasteiger partial charge in [-0.25, -0.2) is 9.97 Å². The molecule has 5 heteroatoms. The highest BCUT2D eigenvalue weighted by atomic mass is 35.5. The van der Waals surface area contributed by atoms with E-state index >= 15 is 0 Å². The third kappa shape index (κ3) is 2.45. The van der Waals surface area contributed by atoms with Crippen LogP contribution in [0.4, 0.5) is 0 Å². The highest BCUT2D eigenvalue weighted by Gasteiger charge is 2.13. The van der Waals surface area contributed by atoms with E-state index in [2.05, 4.69) is 22.1 Å². The van der Waals surface area contributed by atoms with Crippen molar-refractivity contribution in [2.24, 2.45) is 0 Å². The third-order valence-electron chi connectivity index (χ3n) is 3.40. The minimum Gasteiger partial charge on any atom is -0.451 e. The number of nitrogens with zero attached hydrogens (tertiary/aromatic N) is 2. The van der Waals surface area contributed by atoms with Crippen molar-refractivity contribution in [2.45, 2.75) is 10.8 Å². The normalized spacial score (nSPS) is 11.3. The molecule has 0 saturated carbocycles. The molecule has 4 rings (SSSR count). The lowest BCUT2D eigenvalue weighted by Gasteiger charge is -2.01. The number of hydrogen-bond acceptors (Lipinski definition) is 4. The molecule has 3 nitrogen and oxygen atoms in total. The molecular formula is C17H11ClN2OS. The molecule has 0 bridgehead atoms. The summed E-state index contributed by atoms with van der Waals surface area (Å²) in [5.41, 5.74) is 3.56. The van der Waals surface area contributed by atoms with Gasteiger partial charge in [0, 0.05) is 16.2 Å². The van der Waals surface area contributed by atoms with E-state index in [0.29, 0.717) is 5.02 Å². The molecule has 0 saturated heterocycles. The first-order valence-corrected chi connectivity index (χ1v) is 8.17. The van der Waals surface area contributed by atoms with E-state index in [-0.39, 0.29) is 0 Å². The fourth-order valence-electron chi connectivity index (χ4n) is 2.36. The molecule has 0 unspecified atom stereocenters. The predicted molar refractivity (Wildman–Crippen MR) is 90.3 cm³/mol. The van der Waals surface area contributed by atoms with Crippen LogP contribution in [-0.2, 0) is 5.75 Å². The van der Waals surface area contributed by atoms with E-state index in [1.807, 2.05) is 36.4 Å². The SMILES string of the molecule is Clc1ccc2oc3c(SCc4ccccc4)ncnc3c2c1. The van der Waals surface area contributed by atoms with Crippen molar-refractivity contribution in [1.29, 1.82) is 0 Å². The Morgan fingerprint density at radius 3 is 2.77 bits per heavy atom. The van der Waals surface area contributed by atoms with Gasteiger partial charge >= 0.3 is 0 Å². The highest BCUT2D eigenvalue weighted by molar-refractivity contribution is 7.98. The van der Waals surface area contributed by atoms with Crippen molar-refractivity contribution >= 4 is 45.4 Å². The summed E-state index contributed by atoms with van der Waals surface area (Å²) < 4.78 is 5.92. The molecule has 0 aliphatic carbocycles. The van der Waals surface area contributed by atoms with Gasteiger partial charge in [0.1, 0.15) is 22.5 Å². The largest absolute Gasteiger partial charge is 0.451 e. The second-order valence-corrected chi connectivity index (χ2v) is 6.27.